The number of carbonyl (C=O) groups is 1. The van der Waals surface area contributed by atoms with Crippen molar-refractivity contribution >= 4 is 28.6 Å². The maximum Gasteiger partial charge on any atom is 0.314 e. The Morgan fingerprint density at radius 3 is 2.12 bits per heavy atom. The Morgan fingerprint density at radius 1 is 1.35 bits per heavy atom. The minimum Gasteiger partial charge on any atom is -0.354 e. The maximum atomic E-state index is 11.0. The number of amides is 1. The van der Waals surface area contributed by atoms with Crippen LogP contribution in [0.25, 0.3) is 0 Å². The molecule has 0 atom stereocenters. The van der Waals surface area contributed by atoms with Crippen LogP contribution in [0.3, 0.4) is 0 Å². The van der Waals surface area contributed by atoms with Crippen LogP contribution in [0.1, 0.15) is 0 Å². The Morgan fingerprint density at radius 2 is 1.76 bits per heavy atom. The van der Waals surface area contributed by atoms with Gasteiger partial charge in [-0.05, 0) is 0 Å². The second-order valence-electron chi connectivity index (χ2n) is 2.68. The van der Waals surface area contributed by atoms with E-state index in [0.717, 1.165) is 3.98 Å². The van der Waals surface area contributed by atoms with E-state index in [1.807, 2.05) is 22.4 Å². The summed E-state index contributed by atoms with van der Waals surface area (Å²) in [5, 5.41) is 6.61. The Bertz CT molecular complexity index is 388. The van der Waals surface area contributed by atoms with Crippen LogP contribution in [-0.4, -0.2) is 26.5 Å². The average molecular weight is 303 g/mol. The summed E-state index contributed by atoms with van der Waals surface area (Å²) in [5.74, 6) is 0.0399. The highest BCUT2D eigenvalue weighted by atomic mass is 35.7. The number of hydrogen-bond donors (Lipinski definition) is 1. The van der Waals surface area contributed by atoms with Gasteiger partial charge in [-0.3, -0.25) is 4.79 Å². The second-order valence-corrected chi connectivity index (χ2v) is 5.48. The first-order chi connectivity index (χ1) is 7.74. The molecule has 0 unspecified atom stereocenters. The zero-order valence-electron chi connectivity index (χ0n) is 9.04. The van der Waals surface area contributed by atoms with E-state index in [2.05, 4.69) is 5.32 Å². The van der Waals surface area contributed by atoms with Crippen LogP contribution < -0.4 is 32.5 Å². The van der Waals surface area contributed by atoms with Gasteiger partial charge in [-0.1, -0.05) is 22.7 Å². The molecule has 0 aliphatic heterocycles. The van der Waals surface area contributed by atoms with Crippen LogP contribution in [-0.2, 0) is 4.79 Å². The smallest absolute Gasteiger partial charge is 0.314 e. The number of nitrogens with one attached hydrogen (secondary N) is 1. The third kappa shape index (κ3) is 10.3. The highest BCUT2D eigenvalue weighted by Gasteiger charge is 2.06. The largest absolute Gasteiger partial charge is 0.354 e. The standard InChI is InChI=1S/C7H10N2OS2.ClHO4/c1-8-6(10)5-9(2)7-11-3-4-12-7;2-1(3,4)5/h3-4H,5H2,1-2H3;(H,2,3,4,5). The lowest BCUT2D eigenvalue weighted by Gasteiger charge is -2.17. The van der Waals surface area contributed by atoms with Crippen molar-refractivity contribution in [2.45, 2.75) is 0 Å². The number of nitrogens with zero attached hydrogens (tertiary/aromatic N) is 1. The van der Waals surface area contributed by atoms with E-state index in [1.165, 1.54) is 0 Å². The van der Waals surface area contributed by atoms with Crippen LogP contribution in [0.2, 0.25) is 0 Å². The molecule has 0 saturated carbocycles. The van der Waals surface area contributed by atoms with Crippen molar-refractivity contribution in [2.75, 3.05) is 20.6 Å². The third-order valence-corrected chi connectivity index (χ3v) is 3.69. The Hall–Kier alpha value is -0.550. The summed E-state index contributed by atoms with van der Waals surface area (Å²) in [6, 6.07) is 0. The van der Waals surface area contributed by atoms with Crippen molar-refractivity contribution in [2.24, 2.45) is 0 Å². The third-order valence-electron chi connectivity index (χ3n) is 1.36. The molecule has 1 rings (SSSR count). The molecule has 1 amide bonds. The normalized spacial score (nSPS) is 10.2. The molecular weight excluding hydrogens is 292 g/mol. The van der Waals surface area contributed by atoms with E-state index in [0.29, 0.717) is 6.54 Å². The summed E-state index contributed by atoms with van der Waals surface area (Å²) < 4.78 is 37.1. The van der Waals surface area contributed by atoms with Gasteiger partial charge >= 0.3 is 3.98 Å². The average Bonchev–Trinajstić information content (AvgIpc) is 2.67. The summed E-state index contributed by atoms with van der Waals surface area (Å²) in [5.41, 5.74) is 0. The van der Waals surface area contributed by atoms with Crippen molar-refractivity contribution in [3.8, 4) is 0 Å². The number of hydrogen-bond acceptors (Lipinski definition) is 7. The van der Waals surface area contributed by atoms with Gasteiger partial charge < -0.3 is 5.32 Å². The number of halogens is 1. The number of carbonyl (C=O) groups excluding carboxylic acids is 1. The molecular formula is C7H11ClN2O5S2. The van der Waals surface area contributed by atoms with E-state index in [1.54, 1.807) is 29.7 Å². The lowest BCUT2D eigenvalue weighted by atomic mass is 10.6. The topological polar surface area (TPSA) is 124 Å². The fourth-order valence-electron chi connectivity index (χ4n) is 0.739. The van der Waals surface area contributed by atoms with Gasteiger partial charge in [-0.25, -0.2) is 23.2 Å². The molecule has 1 heterocycles. The van der Waals surface area contributed by atoms with E-state index in [-0.39, 0.29) is 5.91 Å². The molecule has 1 N–H and O–H groups in total. The van der Waals surface area contributed by atoms with Crippen molar-refractivity contribution < 1.29 is 33.7 Å². The fourth-order valence-corrected chi connectivity index (χ4v) is 2.46. The van der Waals surface area contributed by atoms with Crippen molar-refractivity contribution in [1.29, 1.82) is 0 Å². The van der Waals surface area contributed by atoms with Crippen molar-refractivity contribution in [3.63, 3.8) is 0 Å². The van der Waals surface area contributed by atoms with Gasteiger partial charge in [0.05, 0.1) is 0 Å². The van der Waals surface area contributed by atoms with Crippen molar-refractivity contribution in [1.82, 2.24) is 9.89 Å². The molecule has 7 nitrogen and oxygen atoms in total. The van der Waals surface area contributed by atoms with E-state index in [4.69, 9.17) is 18.6 Å². The van der Waals surface area contributed by atoms with Gasteiger partial charge in [0.1, 0.15) is 7.05 Å². The second kappa shape index (κ2) is 7.71. The monoisotopic (exact) mass is 302 g/mol. The minimum absolute atomic E-state index is 0.0399. The Labute approximate surface area is 108 Å². The lowest BCUT2D eigenvalue weighted by Crippen LogP contribution is -2.68. The van der Waals surface area contributed by atoms with Crippen LogP contribution >= 0.6 is 22.7 Å². The predicted molar refractivity (Wildman–Crippen MR) is 52.3 cm³/mol. The van der Waals surface area contributed by atoms with E-state index in [9.17, 15) is 4.79 Å². The van der Waals surface area contributed by atoms with Gasteiger partial charge in [0, 0.05) is 17.8 Å². The molecule has 0 fully saturated rings. The van der Waals surface area contributed by atoms with Gasteiger partial charge in [0.15, 0.2) is 0 Å². The van der Waals surface area contributed by atoms with Crippen LogP contribution in [0.4, 0.5) is 0 Å². The highest BCUT2D eigenvalue weighted by Crippen LogP contribution is 1.92. The number of rotatable bonds is 2. The molecule has 0 aromatic carbocycles. The molecule has 10 heteroatoms. The minimum atomic E-state index is -4.94. The first-order valence-electron chi connectivity index (χ1n) is 4.12. The van der Waals surface area contributed by atoms with Gasteiger partial charge in [-0.2, -0.15) is 0 Å². The molecule has 1 aromatic heterocycles. The maximum absolute atomic E-state index is 11.0. The quantitative estimate of drug-likeness (QED) is 0.549. The molecule has 0 aliphatic rings. The molecule has 0 spiro atoms. The van der Waals surface area contributed by atoms with E-state index < -0.39 is 10.2 Å². The highest BCUT2D eigenvalue weighted by molar-refractivity contribution is 7.24. The summed E-state index contributed by atoms with van der Waals surface area (Å²) in [4.78, 5) is 11.0. The predicted octanol–water partition coefficient (Wildman–Crippen LogP) is -4.80. The molecule has 98 valence electrons. The fraction of sp³-hybridized carbons (Fsp3) is 0.429. The van der Waals surface area contributed by atoms with Gasteiger partial charge in [0.2, 0.25) is 6.54 Å². The van der Waals surface area contributed by atoms with Crippen molar-refractivity contribution in [3.05, 3.63) is 14.7 Å². The van der Waals surface area contributed by atoms with E-state index >= 15 is 0 Å². The van der Waals surface area contributed by atoms with Crippen LogP contribution in [0.5, 0.6) is 0 Å². The molecule has 1 aromatic rings. The zero-order valence-corrected chi connectivity index (χ0v) is 11.4. The molecule has 0 radical (unpaired) electrons. The van der Waals surface area contributed by atoms with Crippen LogP contribution in [0, 0.1) is 10.2 Å². The zero-order chi connectivity index (χ0) is 13.5. The van der Waals surface area contributed by atoms with Gasteiger partial charge in [0.25, 0.3) is 5.91 Å². The lowest BCUT2D eigenvalue weighted by molar-refractivity contribution is -2.00. The Balaban J connectivity index is 0.000000437. The molecule has 17 heavy (non-hydrogen) atoms. The van der Waals surface area contributed by atoms with Crippen LogP contribution in [0.15, 0.2) is 10.8 Å². The molecule has 0 aliphatic carbocycles. The summed E-state index contributed by atoms with van der Waals surface area (Å²) in [6.07, 6.45) is 0. The first-order valence-corrected chi connectivity index (χ1v) is 7.12. The summed E-state index contributed by atoms with van der Waals surface area (Å²) >= 11 is 3.30. The first kappa shape index (κ1) is 16.4. The summed E-state index contributed by atoms with van der Waals surface area (Å²) in [6.45, 7) is 0.424. The molecule has 0 bridgehead atoms. The summed E-state index contributed by atoms with van der Waals surface area (Å²) in [7, 11) is -1.38. The Kier molecular flexibility index (Phi) is 7.46. The molecule has 0 saturated heterocycles. The number of likely N-dealkylation sites (N-methyl/N-ethyl adjacent to an activating group) is 2. The SMILES string of the molecule is CNC(=O)C[N+](C)=c1sccs1.[O-][Cl+3]([O-])([O-])[O-]. The van der Waals surface area contributed by atoms with Gasteiger partial charge in [-0.15, -0.1) is 10.2 Å².